The Balaban J connectivity index is 2.92. The van der Waals surface area contributed by atoms with Crippen molar-refractivity contribution in [2.75, 3.05) is 0 Å². The van der Waals surface area contributed by atoms with E-state index in [-0.39, 0.29) is 20.8 Å². The minimum Gasteiger partial charge on any atom is -0.504 e. The number of benzene rings is 1. The first kappa shape index (κ1) is 14.7. The van der Waals surface area contributed by atoms with Crippen LogP contribution in [0.3, 0.4) is 0 Å². The van der Waals surface area contributed by atoms with Crippen LogP contribution in [0.15, 0.2) is 0 Å². The van der Waals surface area contributed by atoms with Gasteiger partial charge in [0, 0.05) is 5.56 Å². The number of halogens is 3. The van der Waals surface area contributed by atoms with E-state index in [0.717, 1.165) is 25.7 Å². The van der Waals surface area contributed by atoms with Crippen LogP contribution in [0.5, 0.6) is 11.5 Å². The Morgan fingerprint density at radius 3 is 2.06 bits per heavy atom. The summed E-state index contributed by atoms with van der Waals surface area (Å²) in [5.41, 5.74) is 0.467. The van der Waals surface area contributed by atoms with Gasteiger partial charge in [-0.05, 0) is 12.8 Å². The first-order chi connectivity index (χ1) is 8.00. The van der Waals surface area contributed by atoms with Crippen LogP contribution in [0.2, 0.25) is 15.1 Å². The molecule has 0 fully saturated rings. The highest BCUT2D eigenvalue weighted by Crippen LogP contribution is 2.46. The third-order valence-corrected chi connectivity index (χ3v) is 4.01. The molecule has 0 aliphatic heterocycles. The zero-order valence-electron chi connectivity index (χ0n) is 9.56. The fourth-order valence-corrected chi connectivity index (χ4v) is 2.35. The molecule has 0 saturated carbocycles. The van der Waals surface area contributed by atoms with Crippen molar-refractivity contribution < 1.29 is 10.2 Å². The summed E-state index contributed by atoms with van der Waals surface area (Å²) in [6, 6.07) is 0. The average Bonchev–Trinajstić information content (AvgIpc) is 2.33. The van der Waals surface area contributed by atoms with E-state index in [1.165, 1.54) is 0 Å². The maximum atomic E-state index is 9.76. The summed E-state index contributed by atoms with van der Waals surface area (Å²) >= 11 is 17.6. The minimum atomic E-state index is -0.397. The molecule has 1 rings (SSSR count). The third kappa shape index (κ3) is 3.34. The van der Waals surface area contributed by atoms with Gasteiger partial charge < -0.3 is 10.2 Å². The molecule has 17 heavy (non-hydrogen) atoms. The molecule has 96 valence electrons. The van der Waals surface area contributed by atoms with E-state index in [2.05, 4.69) is 6.92 Å². The Kier molecular flexibility index (Phi) is 5.71. The molecule has 0 heterocycles. The van der Waals surface area contributed by atoms with Gasteiger partial charge in [0.25, 0.3) is 0 Å². The van der Waals surface area contributed by atoms with E-state index in [9.17, 15) is 10.2 Å². The minimum absolute atomic E-state index is 0.0918. The van der Waals surface area contributed by atoms with Crippen LogP contribution in [0, 0.1) is 0 Å². The molecular formula is C12H15Cl3O2. The fourth-order valence-electron chi connectivity index (χ4n) is 1.64. The summed E-state index contributed by atoms with van der Waals surface area (Å²) in [5.74, 6) is -0.660. The summed E-state index contributed by atoms with van der Waals surface area (Å²) in [6.07, 6.45) is 4.78. The van der Waals surface area contributed by atoms with Crippen molar-refractivity contribution in [1.29, 1.82) is 0 Å². The van der Waals surface area contributed by atoms with E-state index in [4.69, 9.17) is 34.8 Å². The quantitative estimate of drug-likeness (QED) is 0.446. The lowest BCUT2D eigenvalue weighted by Crippen LogP contribution is -1.91. The smallest absolute Gasteiger partial charge is 0.178 e. The van der Waals surface area contributed by atoms with Crippen LogP contribution in [-0.2, 0) is 6.42 Å². The molecule has 2 N–H and O–H groups in total. The molecule has 0 unspecified atom stereocenters. The van der Waals surface area contributed by atoms with Gasteiger partial charge in [-0.2, -0.15) is 0 Å². The summed E-state index contributed by atoms with van der Waals surface area (Å²) < 4.78 is 0. The van der Waals surface area contributed by atoms with Crippen LogP contribution in [0.4, 0.5) is 0 Å². The molecule has 0 saturated heterocycles. The van der Waals surface area contributed by atoms with Crippen LogP contribution in [0.25, 0.3) is 0 Å². The molecule has 0 spiro atoms. The van der Waals surface area contributed by atoms with E-state index < -0.39 is 5.75 Å². The molecule has 0 aromatic heterocycles. The summed E-state index contributed by atoms with van der Waals surface area (Å²) in [7, 11) is 0. The van der Waals surface area contributed by atoms with E-state index in [1.807, 2.05) is 0 Å². The van der Waals surface area contributed by atoms with Crippen molar-refractivity contribution in [3.63, 3.8) is 0 Å². The maximum absolute atomic E-state index is 9.76. The van der Waals surface area contributed by atoms with Gasteiger partial charge in [0.1, 0.15) is 5.02 Å². The van der Waals surface area contributed by atoms with Gasteiger partial charge in [0.2, 0.25) is 0 Å². The lowest BCUT2D eigenvalue weighted by Gasteiger charge is -2.12. The largest absolute Gasteiger partial charge is 0.504 e. The molecule has 0 atom stereocenters. The average molecular weight is 298 g/mol. The van der Waals surface area contributed by atoms with Crippen molar-refractivity contribution in [3.8, 4) is 11.5 Å². The summed E-state index contributed by atoms with van der Waals surface area (Å²) in [4.78, 5) is 0. The zero-order valence-corrected chi connectivity index (χ0v) is 11.8. The molecule has 2 nitrogen and oxygen atoms in total. The van der Waals surface area contributed by atoms with Gasteiger partial charge in [-0.1, -0.05) is 61.0 Å². The summed E-state index contributed by atoms with van der Waals surface area (Å²) in [6.45, 7) is 2.12. The van der Waals surface area contributed by atoms with E-state index in [0.29, 0.717) is 12.0 Å². The number of phenolic OH excluding ortho intramolecular Hbond substituents is 2. The Labute approximate surface area is 116 Å². The van der Waals surface area contributed by atoms with Crippen LogP contribution in [-0.4, -0.2) is 10.2 Å². The lowest BCUT2D eigenvalue weighted by atomic mass is 10.0. The predicted molar refractivity (Wildman–Crippen MR) is 72.6 cm³/mol. The van der Waals surface area contributed by atoms with Crippen LogP contribution < -0.4 is 0 Å². The lowest BCUT2D eigenvalue weighted by molar-refractivity contribution is 0.399. The molecule has 1 aromatic rings. The highest BCUT2D eigenvalue weighted by Gasteiger charge is 2.19. The fraction of sp³-hybridized carbons (Fsp3) is 0.500. The monoisotopic (exact) mass is 296 g/mol. The molecule has 0 radical (unpaired) electrons. The Morgan fingerprint density at radius 1 is 0.824 bits per heavy atom. The third-order valence-electron chi connectivity index (χ3n) is 2.65. The molecule has 0 aliphatic rings. The van der Waals surface area contributed by atoms with Crippen molar-refractivity contribution >= 4 is 34.8 Å². The number of hydrogen-bond donors (Lipinski definition) is 2. The van der Waals surface area contributed by atoms with Crippen molar-refractivity contribution in [2.45, 2.75) is 39.0 Å². The maximum Gasteiger partial charge on any atom is 0.178 e. The molecule has 0 aliphatic carbocycles. The van der Waals surface area contributed by atoms with Crippen molar-refractivity contribution in [2.24, 2.45) is 0 Å². The van der Waals surface area contributed by atoms with Gasteiger partial charge in [-0.25, -0.2) is 0 Å². The topological polar surface area (TPSA) is 40.5 Å². The molecular weight excluding hydrogens is 282 g/mol. The molecule has 0 bridgehead atoms. The van der Waals surface area contributed by atoms with Gasteiger partial charge in [0.15, 0.2) is 11.5 Å². The number of rotatable bonds is 5. The van der Waals surface area contributed by atoms with Crippen LogP contribution >= 0.6 is 34.8 Å². The zero-order chi connectivity index (χ0) is 13.0. The standard InChI is InChI=1S/C12H15Cl3O2/c1-2-3-4-5-6-7-8(13)9(14)10(15)12(17)11(7)16/h16-17H,2-6H2,1H3. The first-order valence-corrected chi connectivity index (χ1v) is 6.71. The number of unbranched alkanes of at least 4 members (excludes halogenated alkanes) is 3. The van der Waals surface area contributed by atoms with Gasteiger partial charge >= 0.3 is 0 Å². The Bertz CT molecular complexity index is 376. The SMILES string of the molecule is CCCCCCc1c(O)c(O)c(Cl)c(Cl)c1Cl. The van der Waals surface area contributed by atoms with E-state index >= 15 is 0 Å². The number of hydrogen-bond acceptors (Lipinski definition) is 2. The highest BCUT2D eigenvalue weighted by molar-refractivity contribution is 6.49. The molecule has 5 heteroatoms. The van der Waals surface area contributed by atoms with Gasteiger partial charge in [0.05, 0.1) is 10.0 Å². The highest BCUT2D eigenvalue weighted by atomic mass is 35.5. The molecule has 0 amide bonds. The molecule has 1 aromatic carbocycles. The number of aromatic hydroxyl groups is 2. The summed E-state index contributed by atoms with van der Waals surface area (Å²) in [5, 5.41) is 19.5. The predicted octanol–water partition coefficient (Wildman–Crippen LogP) is 5.18. The van der Waals surface area contributed by atoms with E-state index in [1.54, 1.807) is 0 Å². The number of phenols is 2. The Morgan fingerprint density at radius 2 is 1.47 bits per heavy atom. The second-order valence-corrected chi connectivity index (χ2v) is 5.06. The van der Waals surface area contributed by atoms with Crippen LogP contribution in [0.1, 0.15) is 38.2 Å². The second-order valence-electron chi connectivity index (χ2n) is 3.93. The van der Waals surface area contributed by atoms with Crippen molar-refractivity contribution in [1.82, 2.24) is 0 Å². The Hall–Kier alpha value is -0.310. The normalized spacial score (nSPS) is 10.8. The first-order valence-electron chi connectivity index (χ1n) is 5.57. The van der Waals surface area contributed by atoms with Crippen molar-refractivity contribution in [3.05, 3.63) is 20.6 Å². The second kappa shape index (κ2) is 6.58. The van der Waals surface area contributed by atoms with Gasteiger partial charge in [-0.3, -0.25) is 0 Å². The van der Waals surface area contributed by atoms with Gasteiger partial charge in [-0.15, -0.1) is 0 Å².